The van der Waals surface area contributed by atoms with Crippen LogP contribution < -0.4 is 10.5 Å². The number of nitrogens with zero attached hydrogens (tertiary/aromatic N) is 4. The molecule has 2 aliphatic rings. The van der Waals surface area contributed by atoms with Crippen LogP contribution in [0.1, 0.15) is 39.3 Å². The number of nitrogens with two attached hydrogens (primary N) is 1. The summed E-state index contributed by atoms with van der Waals surface area (Å²) >= 11 is 0. The normalized spacial score (nSPS) is 15.3. The highest BCUT2D eigenvalue weighted by Crippen LogP contribution is 2.41. The SMILES string of the molecule is Cc1cc2c(c(NC(=O)c3nn4c(c3S(N)(=O)=O)COCC4)c1-c1ccn3nccc3c1)CCC2. The maximum absolute atomic E-state index is 13.6. The summed E-state index contributed by atoms with van der Waals surface area (Å²) in [5.41, 5.74) is 6.81. The van der Waals surface area contributed by atoms with Crippen LogP contribution in [-0.4, -0.2) is 40.3 Å². The number of hydrogen-bond acceptors (Lipinski definition) is 6. The van der Waals surface area contributed by atoms with E-state index in [0.29, 0.717) is 24.5 Å². The summed E-state index contributed by atoms with van der Waals surface area (Å²) in [6.07, 6.45) is 6.35. The number of nitrogens with one attached hydrogen (secondary N) is 1. The lowest BCUT2D eigenvalue weighted by molar-refractivity contribution is 0.0780. The lowest BCUT2D eigenvalue weighted by Crippen LogP contribution is -2.22. The van der Waals surface area contributed by atoms with Crippen molar-refractivity contribution in [2.75, 3.05) is 11.9 Å². The maximum Gasteiger partial charge on any atom is 0.277 e. The highest BCUT2D eigenvalue weighted by Gasteiger charge is 2.33. The van der Waals surface area contributed by atoms with Gasteiger partial charge in [-0.3, -0.25) is 9.48 Å². The molecule has 180 valence electrons. The van der Waals surface area contributed by atoms with Crippen LogP contribution in [0.2, 0.25) is 0 Å². The summed E-state index contributed by atoms with van der Waals surface area (Å²) in [5.74, 6) is -0.609. The molecule has 4 aromatic rings. The molecule has 0 saturated carbocycles. The number of primary sulfonamides is 1. The van der Waals surface area contributed by atoms with Gasteiger partial charge in [0.15, 0.2) is 5.69 Å². The van der Waals surface area contributed by atoms with Crippen molar-refractivity contribution in [3.8, 4) is 11.1 Å². The largest absolute Gasteiger partial charge is 0.373 e. The molecule has 3 N–H and O–H groups in total. The third-order valence-corrected chi connectivity index (χ3v) is 7.72. The molecular weight excluding hydrogens is 468 g/mol. The molecule has 10 nitrogen and oxygen atoms in total. The van der Waals surface area contributed by atoms with E-state index in [4.69, 9.17) is 9.88 Å². The molecule has 1 amide bonds. The Morgan fingerprint density at radius 3 is 2.91 bits per heavy atom. The minimum Gasteiger partial charge on any atom is -0.373 e. The molecule has 0 saturated heterocycles. The first-order valence-electron chi connectivity index (χ1n) is 11.4. The molecule has 1 aliphatic carbocycles. The number of fused-ring (bicyclic) bond motifs is 3. The highest BCUT2D eigenvalue weighted by atomic mass is 32.2. The fourth-order valence-electron chi connectivity index (χ4n) is 5.23. The standard InChI is InChI=1S/C24H24N6O4S/c1-14-11-15-3-2-4-18(15)21(20(14)16-6-8-29-17(12-16)5-7-26-29)27-24(31)22-23(35(25,32)33)19-13-34-10-9-30(19)28-22/h5-8,11-12H,2-4,9-10,13H2,1H3,(H,27,31)(H2,25,32,33). The minimum atomic E-state index is -4.20. The molecule has 0 atom stereocenters. The molecule has 6 rings (SSSR count). The summed E-state index contributed by atoms with van der Waals surface area (Å²) < 4.78 is 33.6. The zero-order chi connectivity index (χ0) is 24.3. The summed E-state index contributed by atoms with van der Waals surface area (Å²) in [6, 6.07) is 8.08. The van der Waals surface area contributed by atoms with Crippen LogP contribution in [0.4, 0.5) is 5.69 Å². The minimum absolute atomic E-state index is 0.0303. The van der Waals surface area contributed by atoms with Crippen molar-refractivity contribution in [3.63, 3.8) is 0 Å². The lowest BCUT2D eigenvalue weighted by atomic mass is 9.93. The Morgan fingerprint density at radius 1 is 1.23 bits per heavy atom. The fourth-order valence-corrected chi connectivity index (χ4v) is 6.12. The molecule has 0 bridgehead atoms. The van der Waals surface area contributed by atoms with Crippen molar-refractivity contribution in [1.82, 2.24) is 19.4 Å². The van der Waals surface area contributed by atoms with Crippen LogP contribution >= 0.6 is 0 Å². The van der Waals surface area contributed by atoms with Crippen molar-refractivity contribution in [1.29, 1.82) is 0 Å². The number of ether oxygens (including phenoxy) is 1. The Morgan fingerprint density at radius 2 is 2.09 bits per heavy atom. The number of hydrogen-bond donors (Lipinski definition) is 2. The number of pyridine rings is 1. The van der Waals surface area contributed by atoms with Crippen LogP contribution in [-0.2, 0) is 40.8 Å². The molecule has 3 aromatic heterocycles. The molecule has 4 heterocycles. The second kappa shape index (κ2) is 8.01. The second-order valence-corrected chi connectivity index (χ2v) is 10.4. The zero-order valence-corrected chi connectivity index (χ0v) is 19.9. The third kappa shape index (κ3) is 3.63. The number of aromatic nitrogens is 4. The van der Waals surface area contributed by atoms with Gasteiger partial charge in [-0.1, -0.05) is 6.07 Å². The van der Waals surface area contributed by atoms with Gasteiger partial charge in [-0.2, -0.15) is 10.2 Å². The summed E-state index contributed by atoms with van der Waals surface area (Å²) in [5, 5.41) is 17.1. The summed E-state index contributed by atoms with van der Waals surface area (Å²) in [7, 11) is -4.20. The van der Waals surface area contributed by atoms with Crippen LogP contribution in [0.3, 0.4) is 0 Å². The van der Waals surface area contributed by atoms with Crippen LogP contribution in [0, 0.1) is 6.92 Å². The van der Waals surface area contributed by atoms with Crippen molar-refractivity contribution in [2.45, 2.75) is 44.2 Å². The molecule has 0 spiro atoms. The smallest absolute Gasteiger partial charge is 0.277 e. The van der Waals surface area contributed by atoms with Crippen LogP contribution in [0.25, 0.3) is 16.6 Å². The number of carbonyl (C=O) groups excluding carboxylic acids is 1. The van der Waals surface area contributed by atoms with E-state index in [2.05, 4.69) is 21.6 Å². The number of carbonyl (C=O) groups is 1. The molecule has 11 heteroatoms. The summed E-state index contributed by atoms with van der Waals surface area (Å²) in [4.78, 5) is 13.3. The van der Waals surface area contributed by atoms with E-state index in [1.54, 1.807) is 10.7 Å². The monoisotopic (exact) mass is 492 g/mol. The molecule has 0 unspecified atom stereocenters. The number of benzene rings is 1. The first-order chi connectivity index (χ1) is 16.8. The number of amides is 1. The zero-order valence-electron chi connectivity index (χ0n) is 19.1. The van der Waals surface area contributed by atoms with Gasteiger partial charge in [0.1, 0.15) is 4.90 Å². The van der Waals surface area contributed by atoms with E-state index < -0.39 is 15.9 Å². The van der Waals surface area contributed by atoms with Gasteiger partial charge in [-0.15, -0.1) is 0 Å². The van der Waals surface area contributed by atoms with E-state index in [1.165, 1.54) is 10.2 Å². The molecule has 1 aliphatic heterocycles. The fraction of sp³-hybridized carbons (Fsp3) is 0.292. The predicted octanol–water partition coefficient (Wildman–Crippen LogP) is 2.42. The molecule has 0 radical (unpaired) electrons. The Bertz CT molecular complexity index is 1620. The first-order valence-corrected chi connectivity index (χ1v) is 13.0. The van der Waals surface area contributed by atoms with Crippen molar-refractivity contribution in [3.05, 3.63) is 64.7 Å². The molecule has 0 fully saturated rings. The van der Waals surface area contributed by atoms with Crippen molar-refractivity contribution >= 4 is 27.1 Å². The van der Waals surface area contributed by atoms with Gasteiger partial charge in [0.2, 0.25) is 10.0 Å². The van der Waals surface area contributed by atoms with E-state index in [-0.39, 0.29) is 17.2 Å². The van der Waals surface area contributed by atoms with Crippen LogP contribution in [0.15, 0.2) is 41.6 Å². The number of rotatable bonds is 4. The van der Waals surface area contributed by atoms with Gasteiger partial charge >= 0.3 is 0 Å². The van der Waals surface area contributed by atoms with Gasteiger partial charge in [0, 0.05) is 18.0 Å². The Balaban J connectivity index is 1.50. The van der Waals surface area contributed by atoms with E-state index in [9.17, 15) is 13.2 Å². The van der Waals surface area contributed by atoms with Crippen molar-refractivity contribution in [2.24, 2.45) is 5.14 Å². The molecular formula is C24H24N6O4S. The van der Waals surface area contributed by atoms with Crippen LogP contribution in [0.5, 0.6) is 0 Å². The Labute approximate surface area is 201 Å². The number of sulfonamides is 1. The van der Waals surface area contributed by atoms with Crippen molar-refractivity contribution < 1.29 is 17.9 Å². The van der Waals surface area contributed by atoms with E-state index in [0.717, 1.165) is 47.0 Å². The van der Waals surface area contributed by atoms with E-state index in [1.807, 2.05) is 31.3 Å². The summed E-state index contributed by atoms with van der Waals surface area (Å²) in [6.45, 7) is 2.78. The Kier molecular flexibility index (Phi) is 5.02. The second-order valence-electron chi connectivity index (χ2n) is 8.95. The molecule has 35 heavy (non-hydrogen) atoms. The van der Waals surface area contributed by atoms with Gasteiger partial charge in [0.05, 0.1) is 36.7 Å². The highest BCUT2D eigenvalue weighted by molar-refractivity contribution is 7.89. The average Bonchev–Trinajstić information content (AvgIpc) is 3.55. The first kappa shape index (κ1) is 22.0. The van der Waals surface area contributed by atoms with Gasteiger partial charge < -0.3 is 10.1 Å². The van der Waals surface area contributed by atoms with Gasteiger partial charge in [0.25, 0.3) is 5.91 Å². The maximum atomic E-state index is 13.6. The van der Waals surface area contributed by atoms with Gasteiger partial charge in [-0.05, 0) is 66.6 Å². The lowest BCUT2D eigenvalue weighted by Gasteiger charge is -2.19. The average molecular weight is 493 g/mol. The molecule has 1 aromatic carbocycles. The van der Waals surface area contributed by atoms with Gasteiger partial charge in [-0.25, -0.2) is 18.1 Å². The topological polar surface area (TPSA) is 134 Å². The number of anilines is 1. The number of aryl methyl sites for hydroxylation is 2. The Hall–Kier alpha value is -3.54. The third-order valence-electron chi connectivity index (χ3n) is 6.72. The predicted molar refractivity (Wildman–Crippen MR) is 129 cm³/mol. The quantitative estimate of drug-likeness (QED) is 0.449. The van der Waals surface area contributed by atoms with E-state index >= 15 is 0 Å².